The lowest BCUT2D eigenvalue weighted by Crippen LogP contribution is -2.11. The van der Waals surface area contributed by atoms with Crippen LogP contribution in [0.1, 0.15) is 16.8 Å². The van der Waals surface area contributed by atoms with Gasteiger partial charge in [0.05, 0.1) is 11.7 Å². The summed E-state index contributed by atoms with van der Waals surface area (Å²) >= 11 is 0. The molecule has 0 amide bonds. The summed E-state index contributed by atoms with van der Waals surface area (Å²) in [5, 5.41) is 17.2. The third kappa shape index (κ3) is 3.00. The van der Waals surface area contributed by atoms with E-state index in [1.165, 1.54) is 5.56 Å². The van der Waals surface area contributed by atoms with Crippen LogP contribution in [-0.4, -0.2) is 25.0 Å². The zero-order valence-corrected chi connectivity index (χ0v) is 14.4. The van der Waals surface area contributed by atoms with Gasteiger partial charge in [-0.1, -0.05) is 42.5 Å². The molecule has 2 heterocycles. The Morgan fingerprint density at radius 2 is 1.88 bits per heavy atom. The molecule has 0 radical (unpaired) electrons. The van der Waals surface area contributed by atoms with Gasteiger partial charge in [-0.3, -0.25) is 0 Å². The van der Waals surface area contributed by atoms with E-state index >= 15 is 0 Å². The molecule has 0 aliphatic carbocycles. The first-order valence-corrected chi connectivity index (χ1v) is 8.41. The van der Waals surface area contributed by atoms with Gasteiger partial charge in [0, 0.05) is 18.5 Å². The molecule has 0 aliphatic heterocycles. The quantitative estimate of drug-likeness (QED) is 0.577. The molecule has 2 aromatic heterocycles. The molecular formula is C19H19N7. The van der Waals surface area contributed by atoms with Crippen LogP contribution in [0.5, 0.6) is 0 Å². The predicted molar refractivity (Wildman–Crippen MR) is 101 cm³/mol. The van der Waals surface area contributed by atoms with E-state index in [1.807, 2.05) is 43.3 Å². The summed E-state index contributed by atoms with van der Waals surface area (Å²) in [7, 11) is 0. The lowest BCUT2D eigenvalue weighted by Gasteiger charge is -2.09. The fourth-order valence-corrected chi connectivity index (χ4v) is 2.86. The van der Waals surface area contributed by atoms with Crippen molar-refractivity contribution in [3.63, 3.8) is 0 Å². The van der Waals surface area contributed by atoms with Crippen molar-refractivity contribution >= 4 is 16.7 Å². The van der Waals surface area contributed by atoms with Crippen LogP contribution in [-0.2, 0) is 13.1 Å². The summed E-state index contributed by atoms with van der Waals surface area (Å²) in [5.74, 6) is 1.12. The highest BCUT2D eigenvalue weighted by molar-refractivity contribution is 5.83. The van der Waals surface area contributed by atoms with E-state index in [0.29, 0.717) is 24.9 Å². The zero-order valence-electron chi connectivity index (χ0n) is 14.4. The summed E-state index contributed by atoms with van der Waals surface area (Å²) in [5.41, 5.74) is 9.67. The highest BCUT2D eigenvalue weighted by Gasteiger charge is 2.12. The molecule has 2 aromatic carbocycles. The molecule has 3 N–H and O–H groups in total. The van der Waals surface area contributed by atoms with Gasteiger partial charge in [-0.2, -0.15) is 14.8 Å². The Balaban J connectivity index is 1.68. The van der Waals surface area contributed by atoms with Crippen LogP contribution in [0.2, 0.25) is 0 Å². The van der Waals surface area contributed by atoms with Crippen LogP contribution in [0.4, 0.5) is 5.82 Å². The number of aryl methyl sites for hydroxylation is 1. The largest absolute Gasteiger partial charge is 0.364 e. The Labute approximate surface area is 150 Å². The number of anilines is 1. The van der Waals surface area contributed by atoms with Gasteiger partial charge in [0.1, 0.15) is 5.69 Å². The van der Waals surface area contributed by atoms with E-state index in [-0.39, 0.29) is 0 Å². The van der Waals surface area contributed by atoms with Crippen LogP contribution < -0.4 is 11.1 Å². The van der Waals surface area contributed by atoms with Gasteiger partial charge in [0.15, 0.2) is 5.82 Å². The first-order chi connectivity index (χ1) is 12.8. The van der Waals surface area contributed by atoms with Crippen LogP contribution in [0.15, 0.2) is 54.7 Å². The van der Waals surface area contributed by atoms with Gasteiger partial charge < -0.3 is 11.1 Å². The Bertz CT molecular complexity index is 1040. The minimum absolute atomic E-state index is 0.426. The van der Waals surface area contributed by atoms with Gasteiger partial charge in [-0.25, -0.2) is 0 Å². The number of hydrogen-bond donors (Lipinski definition) is 2. The molecule has 0 aliphatic rings. The maximum absolute atomic E-state index is 5.81. The molecule has 26 heavy (non-hydrogen) atoms. The number of nitrogens with one attached hydrogen (secondary N) is 1. The van der Waals surface area contributed by atoms with Crippen molar-refractivity contribution in [2.24, 2.45) is 5.73 Å². The van der Waals surface area contributed by atoms with Crippen molar-refractivity contribution in [3.05, 3.63) is 71.5 Å². The van der Waals surface area contributed by atoms with Gasteiger partial charge in [0.2, 0.25) is 0 Å². The summed E-state index contributed by atoms with van der Waals surface area (Å²) in [6, 6.07) is 16.1. The second kappa shape index (κ2) is 6.89. The normalized spacial score (nSPS) is 11.0. The standard InChI is InChI=1S/C19H19N7/c1-13-18(21-11-14-6-3-2-4-7-14)23-19(25-24-13)26-17-9-5-8-15(10-20)16(17)12-22-26/h2-9,12H,10-11,20H2,1H3,(H,21,23,25). The number of fused-ring (bicyclic) bond motifs is 1. The number of benzene rings is 2. The van der Waals surface area contributed by atoms with Gasteiger partial charge >= 0.3 is 0 Å². The van der Waals surface area contributed by atoms with Crippen LogP contribution in [0, 0.1) is 6.92 Å². The zero-order chi connectivity index (χ0) is 17.9. The molecule has 0 unspecified atom stereocenters. The predicted octanol–water partition coefficient (Wildman–Crippen LogP) is 2.59. The monoisotopic (exact) mass is 345 g/mol. The number of nitrogens with two attached hydrogens (primary N) is 1. The van der Waals surface area contributed by atoms with Crippen molar-refractivity contribution in [2.75, 3.05) is 5.32 Å². The molecule has 7 heteroatoms. The molecule has 130 valence electrons. The van der Waals surface area contributed by atoms with Crippen molar-refractivity contribution in [3.8, 4) is 5.95 Å². The van der Waals surface area contributed by atoms with E-state index in [1.54, 1.807) is 10.9 Å². The lowest BCUT2D eigenvalue weighted by molar-refractivity contribution is 0.781. The summed E-state index contributed by atoms with van der Waals surface area (Å²) in [6.45, 7) is 3.00. The molecule has 7 nitrogen and oxygen atoms in total. The average Bonchev–Trinajstić information content (AvgIpc) is 3.12. The van der Waals surface area contributed by atoms with Crippen LogP contribution >= 0.6 is 0 Å². The molecule has 0 atom stereocenters. The first kappa shape index (κ1) is 16.2. The van der Waals surface area contributed by atoms with Crippen molar-refractivity contribution in [2.45, 2.75) is 20.0 Å². The number of nitrogens with zero attached hydrogens (tertiary/aromatic N) is 5. The number of rotatable bonds is 5. The van der Waals surface area contributed by atoms with Gasteiger partial charge in [-0.05, 0) is 24.1 Å². The topological polar surface area (TPSA) is 94.5 Å². The average molecular weight is 345 g/mol. The fourth-order valence-electron chi connectivity index (χ4n) is 2.86. The molecule has 0 saturated heterocycles. The highest BCUT2D eigenvalue weighted by atomic mass is 15.4. The van der Waals surface area contributed by atoms with E-state index in [9.17, 15) is 0 Å². The van der Waals surface area contributed by atoms with Crippen molar-refractivity contribution in [1.29, 1.82) is 0 Å². The van der Waals surface area contributed by atoms with Gasteiger partial charge in [0.25, 0.3) is 5.95 Å². The molecule has 4 rings (SSSR count). The minimum atomic E-state index is 0.426. The Kier molecular flexibility index (Phi) is 4.28. The van der Waals surface area contributed by atoms with Gasteiger partial charge in [-0.15, -0.1) is 10.2 Å². The molecule has 0 saturated carbocycles. The summed E-state index contributed by atoms with van der Waals surface area (Å²) < 4.78 is 1.69. The Morgan fingerprint density at radius 3 is 2.69 bits per heavy atom. The van der Waals surface area contributed by atoms with E-state index in [0.717, 1.165) is 22.2 Å². The third-order valence-corrected chi connectivity index (χ3v) is 4.26. The summed E-state index contributed by atoms with van der Waals surface area (Å²) in [6.07, 6.45) is 1.79. The van der Waals surface area contributed by atoms with Crippen molar-refractivity contribution < 1.29 is 0 Å². The molecule has 0 spiro atoms. The smallest absolute Gasteiger partial charge is 0.272 e. The molecule has 0 fully saturated rings. The Hall–Kier alpha value is -3.32. The lowest BCUT2D eigenvalue weighted by atomic mass is 10.1. The first-order valence-electron chi connectivity index (χ1n) is 8.41. The number of aromatic nitrogens is 5. The highest BCUT2D eigenvalue weighted by Crippen LogP contribution is 2.21. The molecule has 4 aromatic rings. The van der Waals surface area contributed by atoms with E-state index in [2.05, 4.69) is 37.7 Å². The minimum Gasteiger partial charge on any atom is -0.364 e. The second-order valence-corrected chi connectivity index (χ2v) is 6.00. The summed E-state index contributed by atoms with van der Waals surface area (Å²) in [4.78, 5) is 4.62. The van der Waals surface area contributed by atoms with E-state index < -0.39 is 0 Å². The third-order valence-electron chi connectivity index (χ3n) is 4.26. The van der Waals surface area contributed by atoms with Crippen LogP contribution in [0.3, 0.4) is 0 Å². The SMILES string of the molecule is Cc1nnc(-n2ncc3c(CN)cccc32)nc1NCc1ccccc1. The number of hydrogen-bond acceptors (Lipinski definition) is 6. The second-order valence-electron chi connectivity index (χ2n) is 6.00. The molecular weight excluding hydrogens is 326 g/mol. The maximum atomic E-state index is 5.81. The Morgan fingerprint density at radius 1 is 1.04 bits per heavy atom. The molecule has 0 bridgehead atoms. The van der Waals surface area contributed by atoms with Crippen LogP contribution in [0.25, 0.3) is 16.9 Å². The van der Waals surface area contributed by atoms with Crippen molar-refractivity contribution in [1.82, 2.24) is 25.0 Å². The fraction of sp³-hybridized carbons (Fsp3) is 0.158. The van der Waals surface area contributed by atoms with E-state index in [4.69, 9.17) is 5.73 Å². The maximum Gasteiger partial charge on any atom is 0.272 e.